The molecule has 2 atom stereocenters. The topological polar surface area (TPSA) is 38.5 Å². The monoisotopic (exact) mass is 306 g/mol. The van der Waals surface area contributed by atoms with Gasteiger partial charge in [-0.05, 0) is 18.9 Å². The lowest BCUT2D eigenvalue weighted by molar-refractivity contribution is 0.00987. The predicted octanol–water partition coefficient (Wildman–Crippen LogP) is 2.32. The van der Waals surface area contributed by atoms with E-state index < -0.39 is 11.6 Å². The SMILES string of the molecule is COC1CCN(Cc2ccc(F)cc2F)C(CN)C1.Cl. The normalized spacial score (nSPS) is 23.4. The molecule has 2 unspecified atom stereocenters. The van der Waals surface area contributed by atoms with Crippen LogP contribution in [-0.2, 0) is 11.3 Å². The van der Waals surface area contributed by atoms with Crippen LogP contribution in [0.3, 0.4) is 0 Å². The highest BCUT2D eigenvalue weighted by Crippen LogP contribution is 2.22. The van der Waals surface area contributed by atoms with Crippen LogP contribution in [0.1, 0.15) is 18.4 Å². The summed E-state index contributed by atoms with van der Waals surface area (Å²) >= 11 is 0. The summed E-state index contributed by atoms with van der Waals surface area (Å²) in [5.74, 6) is -1.04. The third kappa shape index (κ3) is 4.12. The number of hydrogen-bond donors (Lipinski definition) is 1. The molecule has 20 heavy (non-hydrogen) atoms. The van der Waals surface area contributed by atoms with Gasteiger partial charge in [0, 0.05) is 44.4 Å². The molecule has 1 fully saturated rings. The van der Waals surface area contributed by atoms with Crippen LogP contribution in [0.15, 0.2) is 18.2 Å². The Morgan fingerprint density at radius 1 is 1.40 bits per heavy atom. The van der Waals surface area contributed by atoms with Gasteiger partial charge in [0.05, 0.1) is 6.10 Å². The average Bonchev–Trinajstić information content (AvgIpc) is 2.42. The van der Waals surface area contributed by atoms with Gasteiger partial charge in [-0.1, -0.05) is 6.07 Å². The summed E-state index contributed by atoms with van der Waals surface area (Å²) in [5.41, 5.74) is 6.29. The number of likely N-dealkylation sites (tertiary alicyclic amines) is 1. The third-order valence-electron chi connectivity index (χ3n) is 3.78. The van der Waals surface area contributed by atoms with Gasteiger partial charge in [0.1, 0.15) is 11.6 Å². The van der Waals surface area contributed by atoms with Gasteiger partial charge >= 0.3 is 0 Å². The minimum Gasteiger partial charge on any atom is -0.381 e. The lowest BCUT2D eigenvalue weighted by atomic mass is 9.98. The van der Waals surface area contributed by atoms with Crippen LogP contribution in [0, 0.1) is 11.6 Å². The maximum Gasteiger partial charge on any atom is 0.130 e. The number of benzene rings is 1. The molecular formula is C14H21ClF2N2O. The summed E-state index contributed by atoms with van der Waals surface area (Å²) in [6.07, 6.45) is 1.99. The minimum absolute atomic E-state index is 0. The summed E-state index contributed by atoms with van der Waals surface area (Å²) in [7, 11) is 1.70. The predicted molar refractivity (Wildman–Crippen MR) is 76.9 cm³/mol. The molecule has 6 heteroatoms. The smallest absolute Gasteiger partial charge is 0.130 e. The van der Waals surface area contributed by atoms with Gasteiger partial charge in [0.25, 0.3) is 0 Å². The Morgan fingerprint density at radius 3 is 2.75 bits per heavy atom. The zero-order valence-electron chi connectivity index (χ0n) is 11.5. The lowest BCUT2D eigenvalue weighted by Crippen LogP contribution is -2.48. The summed E-state index contributed by atoms with van der Waals surface area (Å²) in [6.45, 7) is 1.80. The molecule has 0 radical (unpaired) electrons. The Hall–Kier alpha value is -0.750. The molecule has 0 aromatic heterocycles. The number of nitrogens with zero attached hydrogens (tertiary/aromatic N) is 1. The summed E-state index contributed by atoms with van der Waals surface area (Å²) in [6, 6.07) is 3.90. The first-order chi connectivity index (χ1) is 9.13. The summed E-state index contributed by atoms with van der Waals surface area (Å²) in [5, 5.41) is 0. The number of piperidine rings is 1. The lowest BCUT2D eigenvalue weighted by Gasteiger charge is -2.38. The maximum absolute atomic E-state index is 13.7. The van der Waals surface area contributed by atoms with Crippen molar-refractivity contribution in [1.29, 1.82) is 0 Å². The second-order valence-electron chi connectivity index (χ2n) is 4.98. The van der Waals surface area contributed by atoms with E-state index >= 15 is 0 Å². The third-order valence-corrected chi connectivity index (χ3v) is 3.78. The Balaban J connectivity index is 0.00000200. The number of ether oxygens (including phenoxy) is 1. The molecule has 0 saturated carbocycles. The van der Waals surface area contributed by atoms with E-state index in [9.17, 15) is 8.78 Å². The fourth-order valence-corrected chi connectivity index (χ4v) is 2.60. The van der Waals surface area contributed by atoms with E-state index in [2.05, 4.69) is 4.90 Å². The van der Waals surface area contributed by atoms with Crippen LogP contribution >= 0.6 is 12.4 Å². The highest BCUT2D eigenvalue weighted by Gasteiger charge is 2.27. The van der Waals surface area contributed by atoms with Crippen LogP contribution in [-0.4, -0.2) is 37.2 Å². The first-order valence-electron chi connectivity index (χ1n) is 6.55. The van der Waals surface area contributed by atoms with Crippen LogP contribution in [0.4, 0.5) is 8.78 Å². The highest BCUT2D eigenvalue weighted by atomic mass is 35.5. The van der Waals surface area contributed by atoms with Crippen molar-refractivity contribution in [2.45, 2.75) is 31.5 Å². The molecule has 3 nitrogen and oxygen atoms in total. The van der Waals surface area contributed by atoms with Gasteiger partial charge in [-0.2, -0.15) is 0 Å². The Bertz CT molecular complexity index is 434. The minimum atomic E-state index is -0.547. The van der Waals surface area contributed by atoms with Gasteiger partial charge in [0.2, 0.25) is 0 Å². The number of nitrogens with two attached hydrogens (primary N) is 1. The van der Waals surface area contributed by atoms with Crippen molar-refractivity contribution < 1.29 is 13.5 Å². The number of rotatable bonds is 4. The van der Waals surface area contributed by atoms with Gasteiger partial charge in [-0.25, -0.2) is 8.78 Å². The highest BCUT2D eigenvalue weighted by molar-refractivity contribution is 5.85. The van der Waals surface area contributed by atoms with Crippen LogP contribution < -0.4 is 5.73 Å². The number of methoxy groups -OCH3 is 1. The van der Waals surface area contributed by atoms with Crippen molar-refractivity contribution in [2.75, 3.05) is 20.2 Å². The molecule has 1 aromatic carbocycles. The van der Waals surface area contributed by atoms with Gasteiger partial charge in [0.15, 0.2) is 0 Å². The Labute approximate surface area is 124 Å². The first-order valence-corrected chi connectivity index (χ1v) is 6.55. The maximum atomic E-state index is 13.7. The van der Waals surface area contributed by atoms with E-state index in [-0.39, 0.29) is 24.6 Å². The molecule has 1 heterocycles. The van der Waals surface area contributed by atoms with E-state index in [0.29, 0.717) is 18.7 Å². The van der Waals surface area contributed by atoms with Crippen molar-refractivity contribution in [1.82, 2.24) is 4.90 Å². The zero-order chi connectivity index (χ0) is 13.8. The molecule has 1 aliphatic heterocycles. The average molecular weight is 307 g/mol. The van der Waals surface area contributed by atoms with E-state index in [0.717, 1.165) is 25.5 Å². The first kappa shape index (κ1) is 17.3. The number of halogens is 3. The van der Waals surface area contributed by atoms with Crippen LogP contribution in [0.25, 0.3) is 0 Å². The molecule has 0 aliphatic carbocycles. The van der Waals surface area contributed by atoms with Crippen LogP contribution in [0.2, 0.25) is 0 Å². The van der Waals surface area contributed by atoms with E-state index in [4.69, 9.17) is 10.5 Å². The van der Waals surface area contributed by atoms with Gasteiger partial charge < -0.3 is 10.5 Å². The fraction of sp³-hybridized carbons (Fsp3) is 0.571. The quantitative estimate of drug-likeness (QED) is 0.928. The molecule has 1 saturated heterocycles. The van der Waals surface area contributed by atoms with E-state index in [1.807, 2.05) is 0 Å². The van der Waals surface area contributed by atoms with Gasteiger partial charge in [-0.15, -0.1) is 12.4 Å². The molecule has 2 rings (SSSR count). The fourth-order valence-electron chi connectivity index (χ4n) is 2.60. The Morgan fingerprint density at radius 2 is 2.15 bits per heavy atom. The zero-order valence-corrected chi connectivity index (χ0v) is 12.3. The van der Waals surface area contributed by atoms with Crippen molar-refractivity contribution in [3.05, 3.63) is 35.4 Å². The van der Waals surface area contributed by atoms with Gasteiger partial charge in [-0.3, -0.25) is 4.90 Å². The molecule has 1 aliphatic rings. The molecule has 0 spiro atoms. The van der Waals surface area contributed by atoms with E-state index in [1.165, 1.54) is 12.1 Å². The van der Waals surface area contributed by atoms with E-state index in [1.54, 1.807) is 7.11 Å². The van der Waals surface area contributed by atoms with Crippen molar-refractivity contribution in [2.24, 2.45) is 5.73 Å². The Kier molecular flexibility index (Phi) is 6.82. The molecule has 1 aromatic rings. The molecule has 2 N–H and O–H groups in total. The summed E-state index contributed by atoms with van der Waals surface area (Å²) in [4.78, 5) is 2.14. The second kappa shape index (κ2) is 7.88. The summed E-state index contributed by atoms with van der Waals surface area (Å²) < 4.78 is 31.9. The molecular weight excluding hydrogens is 286 g/mol. The second-order valence-corrected chi connectivity index (χ2v) is 4.98. The van der Waals surface area contributed by atoms with Crippen molar-refractivity contribution in [3.8, 4) is 0 Å². The van der Waals surface area contributed by atoms with Crippen molar-refractivity contribution >= 4 is 12.4 Å². The molecule has 114 valence electrons. The largest absolute Gasteiger partial charge is 0.381 e. The standard InChI is InChI=1S/C14H20F2N2O.ClH/c1-19-13-4-5-18(12(7-13)8-17)9-10-2-3-11(15)6-14(10)16;/h2-3,6,12-13H,4-5,7-9,17H2,1H3;1H. The van der Waals surface area contributed by atoms with Crippen LogP contribution in [0.5, 0.6) is 0 Å². The van der Waals surface area contributed by atoms with Crippen molar-refractivity contribution in [3.63, 3.8) is 0 Å². The number of hydrogen-bond acceptors (Lipinski definition) is 3. The molecule has 0 bridgehead atoms. The molecule has 0 amide bonds.